The van der Waals surface area contributed by atoms with Crippen molar-refractivity contribution >= 4 is 11.6 Å². The number of aliphatic hydroxyl groups is 1. The first-order valence-corrected chi connectivity index (χ1v) is 7.92. The predicted molar refractivity (Wildman–Crippen MR) is 81.7 cm³/mol. The van der Waals surface area contributed by atoms with E-state index in [1.54, 1.807) is 6.07 Å². The molecule has 0 saturated heterocycles. The highest BCUT2D eigenvalue weighted by Gasteiger charge is 2.20. The van der Waals surface area contributed by atoms with E-state index in [2.05, 4.69) is 12.2 Å². The summed E-state index contributed by atoms with van der Waals surface area (Å²) in [6, 6.07) is 3.04. The molecule has 0 saturated carbocycles. The molecule has 1 aromatic rings. The fraction of sp³-hybridized carbons (Fsp3) is 0.588. The highest BCUT2D eigenvalue weighted by molar-refractivity contribution is 5.93. The summed E-state index contributed by atoms with van der Waals surface area (Å²) in [6.07, 6.45) is 6.42. The monoisotopic (exact) mass is 293 g/mol. The molecule has 0 fully saturated rings. The SMILES string of the molecule is CCCCCCCC(O)c1cc2c(cc1F)NC(=O)CC2. The van der Waals surface area contributed by atoms with Crippen LogP contribution < -0.4 is 5.32 Å². The van der Waals surface area contributed by atoms with Gasteiger partial charge in [0.2, 0.25) is 5.91 Å². The molecule has 1 unspecified atom stereocenters. The van der Waals surface area contributed by atoms with Crippen molar-refractivity contribution in [3.8, 4) is 0 Å². The average Bonchev–Trinajstić information content (AvgIpc) is 2.46. The quantitative estimate of drug-likeness (QED) is 0.743. The van der Waals surface area contributed by atoms with Crippen LogP contribution in [0, 0.1) is 5.82 Å². The number of amides is 1. The molecule has 1 aromatic carbocycles. The third-order valence-electron chi connectivity index (χ3n) is 4.06. The van der Waals surface area contributed by atoms with Gasteiger partial charge in [-0.15, -0.1) is 0 Å². The Balaban J connectivity index is 1.97. The molecule has 0 aromatic heterocycles. The maximum absolute atomic E-state index is 14.1. The number of unbranched alkanes of at least 4 members (excludes halogenated alkanes) is 4. The molecule has 1 aliphatic rings. The van der Waals surface area contributed by atoms with Crippen molar-refractivity contribution < 1.29 is 14.3 Å². The summed E-state index contributed by atoms with van der Waals surface area (Å²) in [6.45, 7) is 2.16. The molecule has 116 valence electrons. The summed E-state index contributed by atoms with van der Waals surface area (Å²) in [5.41, 5.74) is 1.82. The van der Waals surface area contributed by atoms with Crippen molar-refractivity contribution in [1.29, 1.82) is 0 Å². The van der Waals surface area contributed by atoms with Crippen molar-refractivity contribution in [3.63, 3.8) is 0 Å². The summed E-state index contributed by atoms with van der Waals surface area (Å²) in [4.78, 5) is 11.3. The van der Waals surface area contributed by atoms with Gasteiger partial charge in [0.1, 0.15) is 5.82 Å². The van der Waals surface area contributed by atoms with E-state index >= 15 is 0 Å². The van der Waals surface area contributed by atoms with Gasteiger partial charge < -0.3 is 10.4 Å². The minimum Gasteiger partial charge on any atom is -0.388 e. The van der Waals surface area contributed by atoms with Crippen LogP contribution in [0.15, 0.2) is 12.1 Å². The lowest BCUT2D eigenvalue weighted by Gasteiger charge is -2.20. The number of aliphatic hydroxyl groups excluding tert-OH is 1. The molecule has 4 heteroatoms. The molecule has 0 bridgehead atoms. The molecule has 2 N–H and O–H groups in total. The van der Waals surface area contributed by atoms with E-state index < -0.39 is 11.9 Å². The van der Waals surface area contributed by atoms with E-state index in [0.717, 1.165) is 18.4 Å². The number of rotatable bonds is 7. The molecule has 1 amide bonds. The molecule has 21 heavy (non-hydrogen) atoms. The number of hydrogen-bond acceptors (Lipinski definition) is 2. The normalized spacial score (nSPS) is 15.5. The highest BCUT2D eigenvalue weighted by atomic mass is 19.1. The number of nitrogens with one attached hydrogen (secondary N) is 1. The molecule has 3 nitrogen and oxygen atoms in total. The van der Waals surface area contributed by atoms with Crippen LogP contribution in [0.5, 0.6) is 0 Å². The summed E-state index contributed by atoms with van der Waals surface area (Å²) in [7, 11) is 0. The van der Waals surface area contributed by atoms with Crippen LogP contribution in [-0.2, 0) is 11.2 Å². The summed E-state index contributed by atoms with van der Waals surface area (Å²) < 4.78 is 14.1. The lowest BCUT2D eigenvalue weighted by molar-refractivity contribution is -0.116. The average molecular weight is 293 g/mol. The first kappa shape index (κ1) is 16.0. The van der Waals surface area contributed by atoms with Crippen LogP contribution in [0.4, 0.5) is 10.1 Å². The van der Waals surface area contributed by atoms with Gasteiger partial charge in [-0.3, -0.25) is 4.79 Å². The highest BCUT2D eigenvalue weighted by Crippen LogP contribution is 2.30. The smallest absolute Gasteiger partial charge is 0.224 e. The van der Waals surface area contributed by atoms with E-state index in [9.17, 15) is 14.3 Å². The van der Waals surface area contributed by atoms with Gasteiger partial charge in [0, 0.05) is 17.7 Å². The van der Waals surface area contributed by atoms with Crippen molar-refractivity contribution in [2.45, 2.75) is 64.4 Å². The standard InChI is InChI=1S/C17H24FNO2/c1-2-3-4-5-6-7-16(20)13-10-12-8-9-17(21)19-15(12)11-14(13)18/h10-11,16,20H,2-9H2,1H3,(H,19,21). The Kier molecular flexibility index (Phi) is 5.74. The number of carbonyl (C=O) groups is 1. The van der Waals surface area contributed by atoms with Crippen LogP contribution >= 0.6 is 0 Å². The number of hydrogen-bond donors (Lipinski definition) is 2. The van der Waals surface area contributed by atoms with Crippen LogP contribution in [0.1, 0.15) is 69.1 Å². The molecular weight excluding hydrogens is 269 g/mol. The number of fused-ring (bicyclic) bond motifs is 1. The molecule has 2 rings (SSSR count). The Hall–Kier alpha value is -1.42. The van der Waals surface area contributed by atoms with Gasteiger partial charge in [0.25, 0.3) is 0 Å². The largest absolute Gasteiger partial charge is 0.388 e. The van der Waals surface area contributed by atoms with Crippen molar-refractivity contribution in [2.75, 3.05) is 5.32 Å². The molecule has 0 radical (unpaired) electrons. The number of benzene rings is 1. The molecular formula is C17H24FNO2. The first-order valence-electron chi connectivity index (χ1n) is 7.92. The van der Waals surface area contributed by atoms with Gasteiger partial charge in [-0.1, -0.05) is 39.0 Å². The Morgan fingerprint density at radius 2 is 2.00 bits per heavy atom. The molecule has 0 spiro atoms. The minimum atomic E-state index is -0.755. The van der Waals surface area contributed by atoms with Crippen molar-refractivity contribution in [2.24, 2.45) is 0 Å². The number of aryl methyl sites for hydroxylation is 1. The van der Waals surface area contributed by atoms with Crippen LogP contribution in [0.2, 0.25) is 0 Å². The van der Waals surface area contributed by atoms with E-state index in [1.165, 1.54) is 25.3 Å². The van der Waals surface area contributed by atoms with Crippen molar-refractivity contribution in [3.05, 3.63) is 29.1 Å². The van der Waals surface area contributed by atoms with Gasteiger partial charge in [-0.2, -0.15) is 0 Å². The fourth-order valence-corrected chi connectivity index (χ4v) is 2.77. The van der Waals surface area contributed by atoms with Crippen LogP contribution in [-0.4, -0.2) is 11.0 Å². The summed E-state index contributed by atoms with van der Waals surface area (Å²) in [5, 5.41) is 12.9. The Labute approximate surface area is 125 Å². The van der Waals surface area contributed by atoms with Gasteiger partial charge in [0.05, 0.1) is 6.10 Å². The zero-order chi connectivity index (χ0) is 15.2. The van der Waals surface area contributed by atoms with Crippen LogP contribution in [0.25, 0.3) is 0 Å². The van der Waals surface area contributed by atoms with Gasteiger partial charge in [-0.25, -0.2) is 4.39 Å². The van der Waals surface area contributed by atoms with Crippen LogP contribution in [0.3, 0.4) is 0 Å². The second kappa shape index (κ2) is 7.55. The lowest BCUT2D eigenvalue weighted by atomic mass is 9.95. The third-order valence-corrected chi connectivity index (χ3v) is 4.06. The number of anilines is 1. The third kappa shape index (κ3) is 4.27. The fourth-order valence-electron chi connectivity index (χ4n) is 2.77. The molecule has 1 atom stereocenters. The minimum absolute atomic E-state index is 0.0777. The maximum atomic E-state index is 14.1. The Bertz CT molecular complexity index is 502. The zero-order valence-corrected chi connectivity index (χ0v) is 12.6. The van der Waals surface area contributed by atoms with Gasteiger partial charge in [-0.05, 0) is 30.5 Å². The van der Waals surface area contributed by atoms with E-state index in [0.29, 0.717) is 30.5 Å². The second-order valence-electron chi connectivity index (χ2n) is 5.80. The molecule has 1 heterocycles. The van der Waals surface area contributed by atoms with Gasteiger partial charge >= 0.3 is 0 Å². The summed E-state index contributed by atoms with van der Waals surface area (Å²) >= 11 is 0. The number of halogens is 1. The first-order chi connectivity index (χ1) is 10.1. The van der Waals surface area contributed by atoms with Crippen molar-refractivity contribution in [1.82, 2.24) is 0 Å². The lowest BCUT2D eigenvalue weighted by Crippen LogP contribution is -2.19. The Morgan fingerprint density at radius 3 is 2.76 bits per heavy atom. The van der Waals surface area contributed by atoms with E-state index in [4.69, 9.17) is 0 Å². The van der Waals surface area contributed by atoms with Gasteiger partial charge in [0.15, 0.2) is 0 Å². The second-order valence-corrected chi connectivity index (χ2v) is 5.80. The predicted octanol–water partition coefficient (Wildman–Crippen LogP) is 4.10. The van der Waals surface area contributed by atoms with E-state index in [-0.39, 0.29) is 5.91 Å². The number of carbonyl (C=O) groups excluding carboxylic acids is 1. The molecule has 0 aliphatic carbocycles. The zero-order valence-electron chi connectivity index (χ0n) is 12.6. The topological polar surface area (TPSA) is 49.3 Å². The maximum Gasteiger partial charge on any atom is 0.224 e. The van der Waals surface area contributed by atoms with E-state index in [1.807, 2.05) is 0 Å². The Morgan fingerprint density at radius 1 is 1.24 bits per heavy atom. The summed E-state index contributed by atoms with van der Waals surface area (Å²) in [5.74, 6) is -0.511. The molecule has 1 aliphatic heterocycles.